The highest BCUT2D eigenvalue weighted by atomic mass is 32.2. The molecular formula is C19H22N2O3S. The Morgan fingerprint density at radius 3 is 2.44 bits per heavy atom. The molecule has 0 bridgehead atoms. The third kappa shape index (κ3) is 4.46. The second-order valence-corrected chi connectivity index (χ2v) is 8.23. The van der Waals surface area contributed by atoms with Gasteiger partial charge in [-0.15, -0.1) is 0 Å². The number of nitrogens with zero attached hydrogens (tertiary/aromatic N) is 1. The first-order chi connectivity index (χ1) is 12.1. The smallest absolute Gasteiger partial charge is 0.251 e. The maximum atomic E-state index is 12.5. The zero-order chi connectivity index (χ0) is 17.7. The number of sulfonamides is 1. The van der Waals surface area contributed by atoms with Crippen molar-refractivity contribution in [2.45, 2.75) is 19.4 Å². The van der Waals surface area contributed by atoms with Crippen molar-refractivity contribution in [3.05, 3.63) is 71.3 Å². The molecule has 0 aromatic heterocycles. The SMILES string of the molecule is O=C(NCCCS(=O)(=O)N1CCc2ccccc2C1)c1ccccc1. The Balaban J connectivity index is 1.49. The molecule has 0 unspecified atom stereocenters. The van der Waals surface area contributed by atoms with Gasteiger partial charge in [0.2, 0.25) is 10.0 Å². The van der Waals surface area contributed by atoms with Crippen LogP contribution in [0, 0.1) is 0 Å². The zero-order valence-electron chi connectivity index (χ0n) is 14.0. The fourth-order valence-electron chi connectivity index (χ4n) is 2.98. The highest BCUT2D eigenvalue weighted by molar-refractivity contribution is 7.89. The fraction of sp³-hybridized carbons (Fsp3) is 0.316. The van der Waals surface area contributed by atoms with Gasteiger partial charge in [-0.2, -0.15) is 4.31 Å². The summed E-state index contributed by atoms with van der Waals surface area (Å²) in [7, 11) is -3.31. The Hall–Kier alpha value is -2.18. The molecule has 0 spiro atoms. The quantitative estimate of drug-likeness (QED) is 0.805. The molecule has 0 saturated heterocycles. The van der Waals surface area contributed by atoms with E-state index in [0.29, 0.717) is 31.6 Å². The van der Waals surface area contributed by atoms with Gasteiger partial charge in [0.1, 0.15) is 0 Å². The van der Waals surface area contributed by atoms with Gasteiger partial charge in [0.15, 0.2) is 0 Å². The standard InChI is InChI=1S/C19H22N2O3S/c22-19(17-8-2-1-3-9-17)20-12-6-14-25(23,24)21-13-11-16-7-4-5-10-18(16)15-21/h1-5,7-10H,6,11-15H2,(H,20,22). The first kappa shape index (κ1) is 17.6. The van der Waals surface area contributed by atoms with E-state index in [1.807, 2.05) is 24.3 Å². The number of rotatable bonds is 6. The second-order valence-electron chi connectivity index (χ2n) is 6.14. The molecule has 2 aromatic rings. The number of carbonyl (C=O) groups excluding carboxylic acids is 1. The number of hydrogen-bond acceptors (Lipinski definition) is 3. The molecule has 132 valence electrons. The lowest BCUT2D eigenvalue weighted by Crippen LogP contribution is -2.38. The van der Waals surface area contributed by atoms with Gasteiger partial charge in [-0.05, 0) is 36.1 Å². The summed E-state index contributed by atoms with van der Waals surface area (Å²) in [4.78, 5) is 11.9. The van der Waals surface area contributed by atoms with Crippen molar-refractivity contribution < 1.29 is 13.2 Å². The maximum absolute atomic E-state index is 12.5. The zero-order valence-corrected chi connectivity index (χ0v) is 14.8. The number of benzene rings is 2. The minimum atomic E-state index is -3.31. The van der Waals surface area contributed by atoms with Crippen LogP contribution >= 0.6 is 0 Å². The second kappa shape index (κ2) is 7.80. The van der Waals surface area contributed by atoms with Crippen molar-refractivity contribution in [2.75, 3.05) is 18.8 Å². The Labute approximate surface area is 148 Å². The first-order valence-electron chi connectivity index (χ1n) is 8.44. The molecule has 0 atom stereocenters. The van der Waals surface area contributed by atoms with E-state index >= 15 is 0 Å². The summed E-state index contributed by atoms with van der Waals surface area (Å²) >= 11 is 0. The average molecular weight is 358 g/mol. The van der Waals surface area contributed by atoms with Crippen molar-refractivity contribution in [3.8, 4) is 0 Å². The summed E-state index contributed by atoms with van der Waals surface area (Å²) in [5.41, 5.74) is 2.89. The van der Waals surface area contributed by atoms with E-state index in [1.165, 1.54) is 5.56 Å². The molecule has 2 aromatic carbocycles. The van der Waals surface area contributed by atoms with Gasteiger partial charge < -0.3 is 5.32 Å². The normalized spacial score (nSPS) is 14.7. The van der Waals surface area contributed by atoms with Crippen LogP contribution in [0.15, 0.2) is 54.6 Å². The highest BCUT2D eigenvalue weighted by Crippen LogP contribution is 2.21. The van der Waals surface area contributed by atoms with E-state index in [-0.39, 0.29) is 11.7 Å². The molecule has 0 aliphatic carbocycles. The Morgan fingerprint density at radius 1 is 1.00 bits per heavy atom. The summed E-state index contributed by atoms with van der Waals surface area (Å²) in [6, 6.07) is 16.9. The molecule has 6 heteroatoms. The fourth-order valence-corrected chi connectivity index (χ4v) is 4.46. The predicted molar refractivity (Wildman–Crippen MR) is 97.7 cm³/mol. The summed E-state index contributed by atoms with van der Waals surface area (Å²) in [6.07, 6.45) is 1.15. The van der Waals surface area contributed by atoms with Gasteiger partial charge in [-0.3, -0.25) is 4.79 Å². The van der Waals surface area contributed by atoms with Gasteiger partial charge in [0, 0.05) is 25.2 Å². The lowest BCUT2D eigenvalue weighted by molar-refractivity contribution is 0.0953. The highest BCUT2D eigenvalue weighted by Gasteiger charge is 2.25. The van der Waals surface area contributed by atoms with E-state index in [4.69, 9.17) is 0 Å². The van der Waals surface area contributed by atoms with E-state index < -0.39 is 10.0 Å². The molecule has 1 aliphatic heterocycles. The van der Waals surface area contributed by atoms with Crippen LogP contribution in [0.25, 0.3) is 0 Å². The molecule has 1 N–H and O–H groups in total. The number of nitrogens with one attached hydrogen (secondary N) is 1. The van der Waals surface area contributed by atoms with Gasteiger partial charge in [0.25, 0.3) is 5.91 Å². The molecule has 0 saturated carbocycles. The van der Waals surface area contributed by atoms with Crippen LogP contribution in [0.2, 0.25) is 0 Å². The largest absolute Gasteiger partial charge is 0.352 e. The summed E-state index contributed by atoms with van der Waals surface area (Å²) in [5.74, 6) is -0.130. The number of amides is 1. The monoisotopic (exact) mass is 358 g/mol. The minimum absolute atomic E-state index is 0.0459. The van der Waals surface area contributed by atoms with Crippen LogP contribution in [0.3, 0.4) is 0 Å². The molecule has 0 radical (unpaired) electrons. The summed E-state index contributed by atoms with van der Waals surface area (Å²) in [5, 5.41) is 2.77. The molecule has 1 amide bonds. The van der Waals surface area contributed by atoms with Crippen LogP contribution in [-0.4, -0.2) is 37.5 Å². The molecule has 1 aliphatic rings. The van der Waals surface area contributed by atoms with Crippen LogP contribution < -0.4 is 5.32 Å². The van der Waals surface area contributed by atoms with Crippen LogP contribution in [0.5, 0.6) is 0 Å². The summed E-state index contributed by atoms with van der Waals surface area (Å²) < 4.78 is 26.6. The predicted octanol–water partition coefficient (Wildman–Crippen LogP) is 2.19. The molecule has 1 heterocycles. The number of fused-ring (bicyclic) bond motifs is 1. The number of hydrogen-bond donors (Lipinski definition) is 1. The lowest BCUT2D eigenvalue weighted by atomic mass is 10.0. The maximum Gasteiger partial charge on any atom is 0.251 e. The van der Waals surface area contributed by atoms with E-state index in [2.05, 4.69) is 11.4 Å². The van der Waals surface area contributed by atoms with Crippen molar-refractivity contribution in [1.82, 2.24) is 9.62 Å². The first-order valence-corrected chi connectivity index (χ1v) is 10.0. The third-order valence-electron chi connectivity index (χ3n) is 4.39. The van der Waals surface area contributed by atoms with Crippen molar-refractivity contribution >= 4 is 15.9 Å². The molecular weight excluding hydrogens is 336 g/mol. The lowest BCUT2D eigenvalue weighted by Gasteiger charge is -2.28. The van der Waals surface area contributed by atoms with Gasteiger partial charge in [0.05, 0.1) is 5.75 Å². The van der Waals surface area contributed by atoms with E-state index in [9.17, 15) is 13.2 Å². The van der Waals surface area contributed by atoms with Crippen LogP contribution in [0.4, 0.5) is 0 Å². The minimum Gasteiger partial charge on any atom is -0.352 e. The molecule has 3 rings (SSSR count). The van der Waals surface area contributed by atoms with Crippen LogP contribution in [0.1, 0.15) is 27.9 Å². The summed E-state index contributed by atoms with van der Waals surface area (Å²) in [6.45, 7) is 1.31. The van der Waals surface area contributed by atoms with Crippen molar-refractivity contribution in [3.63, 3.8) is 0 Å². The van der Waals surface area contributed by atoms with Crippen LogP contribution in [-0.2, 0) is 23.0 Å². The topological polar surface area (TPSA) is 66.5 Å². The Kier molecular flexibility index (Phi) is 5.50. The van der Waals surface area contributed by atoms with Crippen molar-refractivity contribution in [1.29, 1.82) is 0 Å². The van der Waals surface area contributed by atoms with E-state index in [1.54, 1.807) is 28.6 Å². The Morgan fingerprint density at radius 2 is 1.68 bits per heavy atom. The van der Waals surface area contributed by atoms with Gasteiger partial charge >= 0.3 is 0 Å². The third-order valence-corrected chi connectivity index (χ3v) is 6.29. The van der Waals surface area contributed by atoms with Gasteiger partial charge in [-0.25, -0.2) is 8.42 Å². The van der Waals surface area contributed by atoms with E-state index in [0.717, 1.165) is 12.0 Å². The number of carbonyl (C=O) groups is 1. The molecule has 0 fully saturated rings. The van der Waals surface area contributed by atoms with Crippen molar-refractivity contribution in [2.24, 2.45) is 0 Å². The average Bonchev–Trinajstić information content (AvgIpc) is 2.65. The van der Waals surface area contributed by atoms with Gasteiger partial charge in [-0.1, -0.05) is 42.5 Å². The molecule has 5 nitrogen and oxygen atoms in total. The molecule has 25 heavy (non-hydrogen) atoms. The Bertz CT molecular complexity index is 835.